The minimum atomic E-state index is -1.72. The number of benzene rings is 9. The molecule has 2 heterocycles. The molecule has 0 fully saturated rings. The summed E-state index contributed by atoms with van der Waals surface area (Å²) in [6.45, 7) is 0. The smallest absolute Gasteiger partial charge is 0.160 e. The van der Waals surface area contributed by atoms with E-state index in [1.165, 1.54) is 0 Å². The van der Waals surface area contributed by atoms with E-state index in [1.807, 2.05) is 0 Å². The van der Waals surface area contributed by atoms with Crippen LogP contribution in [0.5, 0.6) is 0 Å². The van der Waals surface area contributed by atoms with Crippen molar-refractivity contribution in [1.82, 2.24) is 19.9 Å². The molecule has 0 N–H and O–H groups in total. The van der Waals surface area contributed by atoms with Gasteiger partial charge in [-0.1, -0.05) is 218 Å². The summed E-state index contributed by atoms with van der Waals surface area (Å²) in [7, 11) is 0. The Bertz CT molecular complexity index is 5330. The van der Waals surface area contributed by atoms with Gasteiger partial charge in [0.05, 0.1) is 72.1 Å². The molecule has 3 aliphatic carbocycles. The predicted octanol–water partition coefficient (Wildman–Crippen LogP) is 15.6. The van der Waals surface area contributed by atoms with E-state index in [-0.39, 0.29) is 33.4 Å². The molecule has 2 unspecified atom stereocenters. The predicted molar refractivity (Wildman–Crippen MR) is 276 cm³/mol. The zero-order valence-corrected chi connectivity index (χ0v) is 34.3. The molecule has 14 rings (SSSR count). The maximum Gasteiger partial charge on any atom is 0.160 e. The quantitative estimate of drug-likeness (QED) is 0.152. The van der Waals surface area contributed by atoms with Gasteiger partial charge in [-0.15, -0.1) is 0 Å². The first-order valence-corrected chi connectivity index (χ1v) is 20.3. The van der Waals surface area contributed by atoms with Gasteiger partial charge in [-0.25, -0.2) is 19.9 Å². The van der Waals surface area contributed by atoms with Gasteiger partial charge in [0.2, 0.25) is 0 Å². The zero-order valence-electron chi connectivity index (χ0n) is 70.3. The molecule has 4 heteroatoms. The molecule has 0 spiro atoms. The van der Waals surface area contributed by atoms with Crippen LogP contribution in [0.3, 0.4) is 0 Å². The van der Waals surface area contributed by atoms with E-state index in [0.717, 1.165) is 24.3 Å². The lowest BCUT2D eigenvalue weighted by Gasteiger charge is -2.42. The molecule has 0 radical (unpaired) electrons. The third-order valence-corrected chi connectivity index (χ3v) is 11.1. The van der Waals surface area contributed by atoms with Crippen molar-refractivity contribution in [1.29, 1.82) is 0 Å². The van der Waals surface area contributed by atoms with Gasteiger partial charge in [-0.05, 0) is 79.9 Å². The van der Waals surface area contributed by atoms with Crippen molar-refractivity contribution in [2.45, 2.75) is 11.8 Å². The van der Waals surface area contributed by atoms with E-state index in [0.29, 0.717) is 0 Å². The Labute approximate surface area is 446 Å². The monoisotopic (exact) mass is 903 g/mol. The minimum absolute atomic E-state index is 0.201. The topological polar surface area (TPSA) is 51.6 Å². The number of hydrogen-bond donors (Lipinski definition) is 0. The van der Waals surface area contributed by atoms with Gasteiger partial charge in [0.15, 0.2) is 11.6 Å². The Morgan fingerprint density at radius 3 is 0.897 bits per heavy atom. The number of nitrogens with zero attached hydrogens (tertiary/aromatic N) is 4. The van der Waals surface area contributed by atoms with E-state index in [9.17, 15) is 19.2 Å². The van der Waals surface area contributed by atoms with Crippen molar-refractivity contribution in [2.24, 2.45) is 0 Å². The Kier molecular flexibility index (Phi) is 4.24. The van der Waals surface area contributed by atoms with Crippen LogP contribution in [-0.2, 0) is 0 Å². The summed E-state index contributed by atoms with van der Waals surface area (Å²) < 4.78 is 322. The minimum Gasteiger partial charge on any atom is -0.228 e. The fraction of sp³-hybridized carbons (Fsp3) is 0.0312. The average molecular weight is 903 g/mol. The van der Waals surface area contributed by atoms with Crippen molar-refractivity contribution < 1.29 is 49.3 Å². The molecule has 0 saturated carbocycles. The highest BCUT2D eigenvalue weighted by molar-refractivity contribution is 5.80. The van der Waals surface area contributed by atoms with Gasteiger partial charge in [0.25, 0.3) is 0 Å². The average Bonchev–Trinajstić information content (AvgIpc) is 0.672. The molecule has 4 nitrogen and oxygen atoms in total. The van der Waals surface area contributed by atoms with E-state index in [2.05, 4.69) is 19.9 Å². The van der Waals surface area contributed by atoms with Crippen molar-refractivity contribution in [3.63, 3.8) is 0 Å². The molecular weight excluding hydrogens is 825 g/mol. The summed E-state index contributed by atoms with van der Waals surface area (Å²) in [5.74, 6) is -4.94. The van der Waals surface area contributed by atoms with Crippen LogP contribution in [0.1, 0.15) is 94.6 Å². The van der Waals surface area contributed by atoms with Gasteiger partial charge in [-0.2, -0.15) is 0 Å². The first-order chi connectivity index (χ1) is 48.6. The highest BCUT2D eigenvalue weighted by Crippen LogP contribution is 2.56. The fourth-order valence-electron chi connectivity index (χ4n) is 8.07. The first-order valence-electron chi connectivity index (χ1n) is 38.3. The van der Waals surface area contributed by atoms with E-state index in [1.54, 1.807) is 0 Å². The van der Waals surface area contributed by atoms with Crippen LogP contribution < -0.4 is 0 Å². The van der Waals surface area contributed by atoms with Gasteiger partial charge in [0.1, 0.15) is 0 Å². The second-order valence-electron chi connectivity index (χ2n) is 14.9. The molecule has 0 amide bonds. The lowest BCUT2D eigenvalue weighted by molar-refractivity contribution is 0.755. The molecule has 318 valence electrons. The van der Waals surface area contributed by atoms with Crippen LogP contribution in [0, 0.1) is 0 Å². The standard InChI is InChI=1S/C64H42N4/c1-5-15-41(16-6-1)43-25-29-45(30-26-43)57-39-59(67-63(65-57)47-19-9-3-10-20-47)49-33-35-53-55(37-49)61-51-23-13-14-24-52(51)62(53)56-38-50(34-36-54(56)61)60-40-58(66-64(68-60)48-21-11-4-12-22-48)46-31-27-44(28-32-46)42-17-7-2-8-18-42/h1-40,61-62H/i1D,2D,3D,4D,5D,6D,7D,8D,9D,10D,11D,12D,13D,14D,15D,16D,17D,18D,19D,20D,21D,22D,23D,24D,25D,26D,27D,28D,29D,30D,31D,32D,35D,36D,37D,38D. The first kappa shape index (κ1) is 17.4. The van der Waals surface area contributed by atoms with Crippen LogP contribution in [-0.4, -0.2) is 19.9 Å². The molecule has 68 heavy (non-hydrogen) atoms. The second-order valence-corrected chi connectivity index (χ2v) is 14.9. The number of rotatable bonds is 8. The number of hydrogen-bond acceptors (Lipinski definition) is 4. The molecule has 9 aromatic carbocycles. The highest BCUT2D eigenvalue weighted by atomic mass is 14.9. The van der Waals surface area contributed by atoms with Gasteiger partial charge in [0, 0.05) is 45.2 Å². The summed E-state index contributed by atoms with van der Waals surface area (Å²) in [5.41, 5.74) is -9.92. The second kappa shape index (κ2) is 16.5. The van der Waals surface area contributed by atoms with Crippen LogP contribution in [0.4, 0.5) is 0 Å². The molecule has 2 bridgehead atoms. The lowest BCUT2D eigenvalue weighted by atomic mass is 9.60. The molecule has 11 aromatic rings. The van der Waals surface area contributed by atoms with E-state index >= 15 is 0 Å². The fourth-order valence-corrected chi connectivity index (χ4v) is 8.07. The SMILES string of the molecule is [2H]c1cc(-c2cc(-c3c([2H])c([2H])c(-c4c([2H])c([2H])c([2H])c([2H])c4[2H])c([2H])c3[2H])nc(-c3c([2H])c([2H])c([2H])c([2H])c3[2H])n2)c([2H])c2c1C1c3c([2H])c(-c4cc(-c5c([2H])c([2H])c(-c6c([2H])c([2H])c([2H])c([2H])c6[2H])c([2H])c5[2H])nc(-c5c([2H])c([2H])c([2H])c([2H])c5[2H])n4)cc([2H])c3C2c2c([2H])c([2H])c([2H])c([2H])c21. The summed E-state index contributed by atoms with van der Waals surface area (Å²) in [5, 5.41) is 0. The Morgan fingerprint density at radius 2 is 0.529 bits per heavy atom. The molecule has 2 atom stereocenters. The molecule has 2 aromatic heterocycles. The van der Waals surface area contributed by atoms with Crippen molar-refractivity contribution in [3.8, 4) is 90.1 Å². The van der Waals surface area contributed by atoms with Crippen molar-refractivity contribution >= 4 is 0 Å². The lowest BCUT2D eigenvalue weighted by Crippen LogP contribution is -2.27. The van der Waals surface area contributed by atoms with Gasteiger partial charge in [-0.3, -0.25) is 0 Å². The van der Waals surface area contributed by atoms with Crippen molar-refractivity contribution in [2.75, 3.05) is 0 Å². The Hall–Kier alpha value is -8.86. The third-order valence-electron chi connectivity index (χ3n) is 11.1. The molecule has 0 aliphatic heterocycles. The van der Waals surface area contributed by atoms with Crippen LogP contribution in [0.15, 0.2) is 242 Å². The van der Waals surface area contributed by atoms with E-state index in [4.69, 9.17) is 30.2 Å². The largest absolute Gasteiger partial charge is 0.228 e. The number of aromatic nitrogens is 4. The summed E-state index contributed by atoms with van der Waals surface area (Å²) in [4.78, 5) is 18.1. The maximum atomic E-state index is 10.3. The summed E-state index contributed by atoms with van der Waals surface area (Å²) in [6, 6.07) is -26.3. The van der Waals surface area contributed by atoms with Gasteiger partial charge >= 0.3 is 0 Å². The van der Waals surface area contributed by atoms with E-state index < -0.39 is 319 Å². The molecule has 3 aliphatic rings. The zero-order chi connectivity index (χ0) is 76.3. The molecule has 0 saturated heterocycles. The van der Waals surface area contributed by atoms with Crippen molar-refractivity contribution in [3.05, 3.63) is 275 Å². The van der Waals surface area contributed by atoms with Gasteiger partial charge < -0.3 is 0 Å². The van der Waals surface area contributed by atoms with Crippen LogP contribution in [0.25, 0.3) is 90.1 Å². The summed E-state index contributed by atoms with van der Waals surface area (Å²) in [6.07, 6.45) is 0. The molecular formula is C64H42N4. The third kappa shape index (κ3) is 7.02. The Morgan fingerprint density at radius 1 is 0.250 bits per heavy atom. The normalized spacial score (nSPS) is 21.6. The Balaban J connectivity index is 1.08. The van der Waals surface area contributed by atoms with Crippen LogP contribution >= 0.6 is 0 Å². The maximum absolute atomic E-state index is 10.3. The van der Waals surface area contributed by atoms with Crippen LogP contribution in [0.2, 0.25) is 0 Å². The summed E-state index contributed by atoms with van der Waals surface area (Å²) >= 11 is 0. The highest BCUT2D eigenvalue weighted by Gasteiger charge is 2.41.